The van der Waals surface area contributed by atoms with Crippen molar-refractivity contribution in [1.82, 2.24) is 0 Å². The van der Waals surface area contributed by atoms with Crippen molar-refractivity contribution in [3.8, 4) is 33.4 Å². The van der Waals surface area contributed by atoms with Crippen LogP contribution in [0.3, 0.4) is 0 Å². The van der Waals surface area contributed by atoms with E-state index in [2.05, 4.69) is 229 Å². The van der Waals surface area contributed by atoms with E-state index in [1.807, 2.05) is 0 Å². The van der Waals surface area contributed by atoms with E-state index < -0.39 is 0 Å². The highest BCUT2D eigenvalue weighted by atomic mass is 16.3. The van der Waals surface area contributed by atoms with Crippen molar-refractivity contribution in [2.45, 2.75) is 6.54 Å². The van der Waals surface area contributed by atoms with Crippen molar-refractivity contribution in [2.75, 3.05) is 4.90 Å². The minimum absolute atomic E-state index is 0.647. The van der Waals surface area contributed by atoms with Crippen molar-refractivity contribution >= 4 is 76.4 Å². The zero-order valence-corrected chi connectivity index (χ0v) is 33.4. The van der Waals surface area contributed by atoms with E-state index in [9.17, 15) is 0 Å². The van der Waals surface area contributed by atoms with Gasteiger partial charge in [0.05, 0.1) is 0 Å². The van der Waals surface area contributed by atoms with Crippen LogP contribution in [0.15, 0.2) is 229 Å². The van der Waals surface area contributed by atoms with Crippen LogP contribution in [0.2, 0.25) is 0 Å². The molecule has 0 amide bonds. The molecule has 11 aromatic carbocycles. The third-order valence-electron chi connectivity index (χ3n) is 12.6. The second kappa shape index (κ2) is 14.4. The molecule has 0 aliphatic rings. The van der Waals surface area contributed by atoms with E-state index in [0.29, 0.717) is 6.54 Å². The third-order valence-corrected chi connectivity index (χ3v) is 12.6. The number of hydrogen-bond donors (Lipinski definition) is 0. The smallest absolute Gasteiger partial charge is 0.143 e. The van der Waals surface area contributed by atoms with Crippen LogP contribution in [0.25, 0.3) is 98.4 Å². The lowest BCUT2D eigenvalue weighted by Crippen LogP contribution is -2.17. The van der Waals surface area contributed by atoms with Crippen LogP contribution in [0.4, 0.5) is 11.4 Å². The number of furan rings is 1. The molecule has 1 heterocycles. The third kappa shape index (κ3) is 5.95. The second-order valence-electron chi connectivity index (χ2n) is 16.0. The summed E-state index contributed by atoms with van der Waals surface area (Å²) in [5.74, 6) is 0. The fourth-order valence-electron chi connectivity index (χ4n) is 9.59. The molecule has 0 saturated carbocycles. The number of nitrogens with zero attached hydrogens (tertiary/aromatic N) is 1. The monoisotopic (exact) mass is 777 g/mol. The average molecular weight is 778 g/mol. The van der Waals surface area contributed by atoms with Gasteiger partial charge in [-0.2, -0.15) is 0 Å². The molecule has 0 atom stereocenters. The van der Waals surface area contributed by atoms with Gasteiger partial charge in [0, 0.05) is 39.6 Å². The van der Waals surface area contributed by atoms with Crippen LogP contribution in [0.5, 0.6) is 0 Å². The fourth-order valence-corrected chi connectivity index (χ4v) is 9.59. The van der Waals surface area contributed by atoms with E-state index in [1.165, 1.54) is 65.5 Å². The summed E-state index contributed by atoms with van der Waals surface area (Å²) in [4.78, 5) is 2.46. The Kier molecular flexibility index (Phi) is 8.28. The van der Waals surface area contributed by atoms with Gasteiger partial charge in [-0.25, -0.2) is 0 Å². The largest absolute Gasteiger partial charge is 0.455 e. The maximum Gasteiger partial charge on any atom is 0.143 e. The standard InChI is InChI=1S/C59H39NO/c1-5-20-47-39(13-1)17-10-24-50(47)43-18-9-19-46(37-43)60(45-33-29-42(30-34-45)49-25-11-26-53-48-21-6-2-14-40(48)31-35-54(49)53)38-44-16-4-7-22-51(44)55-27-12-28-56-57-36-32-41-15-3-8-23-52(41)58(57)61-59(55)56/h1-37H,38H2. The van der Waals surface area contributed by atoms with Crippen LogP contribution >= 0.6 is 0 Å². The molecule has 286 valence electrons. The molecule has 0 unspecified atom stereocenters. The molecular formula is C59H39NO. The molecule has 0 radical (unpaired) electrons. The molecule has 2 heteroatoms. The van der Waals surface area contributed by atoms with Gasteiger partial charge >= 0.3 is 0 Å². The molecule has 0 fully saturated rings. The highest BCUT2D eigenvalue weighted by Gasteiger charge is 2.19. The minimum atomic E-state index is 0.647. The number of rotatable bonds is 7. The van der Waals surface area contributed by atoms with E-state index in [1.54, 1.807) is 0 Å². The van der Waals surface area contributed by atoms with Gasteiger partial charge in [-0.3, -0.25) is 0 Å². The topological polar surface area (TPSA) is 16.4 Å². The lowest BCUT2D eigenvalue weighted by molar-refractivity contribution is 0.673. The van der Waals surface area contributed by atoms with Crippen molar-refractivity contribution < 1.29 is 4.42 Å². The summed E-state index contributed by atoms with van der Waals surface area (Å²) in [6.45, 7) is 0.647. The molecular weight excluding hydrogens is 739 g/mol. The first-order chi connectivity index (χ1) is 30.2. The molecule has 2 nitrogen and oxygen atoms in total. The summed E-state index contributed by atoms with van der Waals surface area (Å²) in [5, 5.41) is 12.1. The Morgan fingerprint density at radius 3 is 1.66 bits per heavy atom. The fraction of sp³-hybridized carbons (Fsp3) is 0.0169. The Morgan fingerprint density at radius 2 is 0.836 bits per heavy atom. The van der Waals surface area contributed by atoms with Crippen LogP contribution < -0.4 is 4.90 Å². The van der Waals surface area contributed by atoms with Gasteiger partial charge in [0.1, 0.15) is 11.2 Å². The molecule has 0 saturated heterocycles. The van der Waals surface area contributed by atoms with Crippen LogP contribution in [-0.4, -0.2) is 0 Å². The number of benzene rings is 11. The Balaban J connectivity index is 0.998. The number of para-hydroxylation sites is 1. The highest BCUT2D eigenvalue weighted by molar-refractivity contribution is 6.17. The van der Waals surface area contributed by atoms with Gasteiger partial charge in [0.25, 0.3) is 0 Å². The Morgan fingerprint density at radius 1 is 0.295 bits per heavy atom. The first kappa shape index (κ1) is 35.0. The van der Waals surface area contributed by atoms with Crippen LogP contribution in [-0.2, 0) is 6.54 Å². The molecule has 0 N–H and O–H groups in total. The zero-order valence-electron chi connectivity index (χ0n) is 33.4. The molecule has 12 rings (SSSR count). The highest BCUT2D eigenvalue weighted by Crippen LogP contribution is 2.42. The maximum absolute atomic E-state index is 6.88. The first-order valence-electron chi connectivity index (χ1n) is 21.0. The number of anilines is 2. The molecule has 0 spiro atoms. The summed E-state index contributed by atoms with van der Waals surface area (Å²) in [6, 6.07) is 81.5. The quantitative estimate of drug-likeness (QED) is 0.150. The predicted molar refractivity (Wildman–Crippen MR) is 259 cm³/mol. The summed E-state index contributed by atoms with van der Waals surface area (Å²) in [5.41, 5.74) is 12.4. The van der Waals surface area contributed by atoms with Gasteiger partial charge in [-0.05, 0) is 101 Å². The Labute approximate surface area is 354 Å². The number of hydrogen-bond acceptors (Lipinski definition) is 2. The van der Waals surface area contributed by atoms with Crippen molar-refractivity contribution in [2.24, 2.45) is 0 Å². The zero-order chi connectivity index (χ0) is 40.3. The molecule has 12 aromatic rings. The molecule has 1 aromatic heterocycles. The van der Waals surface area contributed by atoms with Gasteiger partial charge in [-0.15, -0.1) is 0 Å². The van der Waals surface area contributed by atoms with Crippen molar-refractivity contribution in [3.63, 3.8) is 0 Å². The van der Waals surface area contributed by atoms with Gasteiger partial charge in [0.2, 0.25) is 0 Å². The first-order valence-corrected chi connectivity index (χ1v) is 21.0. The molecule has 0 aliphatic heterocycles. The predicted octanol–water partition coefficient (Wildman–Crippen LogP) is 16.5. The van der Waals surface area contributed by atoms with E-state index >= 15 is 0 Å². The van der Waals surface area contributed by atoms with Crippen molar-refractivity contribution in [3.05, 3.63) is 230 Å². The average Bonchev–Trinajstić information content (AvgIpc) is 3.73. The molecule has 61 heavy (non-hydrogen) atoms. The lowest BCUT2D eigenvalue weighted by atomic mass is 9.94. The second-order valence-corrected chi connectivity index (χ2v) is 16.0. The maximum atomic E-state index is 6.88. The van der Waals surface area contributed by atoms with E-state index in [4.69, 9.17) is 4.42 Å². The lowest BCUT2D eigenvalue weighted by Gasteiger charge is -2.27. The summed E-state index contributed by atoms with van der Waals surface area (Å²) >= 11 is 0. The minimum Gasteiger partial charge on any atom is -0.455 e. The summed E-state index contributed by atoms with van der Waals surface area (Å²) in [6.07, 6.45) is 0. The van der Waals surface area contributed by atoms with Crippen molar-refractivity contribution in [1.29, 1.82) is 0 Å². The van der Waals surface area contributed by atoms with Crippen LogP contribution in [0, 0.1) is 0 Å². The Hall–Kier alpha value is -7.94. The van der Waals surface area contributed by atoms with Gasteiger partial charge < -0.3 is 9.32 Å². The van der Waals surface area contributed by atoms with E-state index in [0.717, 1.165) is 49.8 Å². The van der Waals surface area contributed by atoms with Gasteiger partial charge in [0.15, 0.2) is 0 Å². The number of fused-ring (bicyclic) bond motifs is 9. The molecule has 0 aliphatic carbocycles. The summed E-state index contributed by atoms with van der Waals surface area (Å²) in [7, 11) is 0. The summed E-state index contributed by atoms with van der Waals surface area (Å²) < 4.78 is 6.88. The van der Waals surface area contributed by atoms with E-state index in [-0.39, 0.29) is 0 Å². The SMILES string of the molecule is c1cc(-c2cccc3ccccc23)cc(N(Cc2ccccc2-c2cccc3c2oc2c4ccccc4ccc32)c2ccc(-c3cccc4c3ccc3ccccc34)cc2)c1. The molecule has 0 bridgehead atoms. The van der Waals surface area contributed by atoms with Crippen LogP contribution in [0.1, 0.15) is 5.56 Å². The van der Waals surface area contributed by atoms with Gasteiger partial charge in [-0.1, -0.05) is 194 Å². The normalized spacial score (nSPS) is 11.7. The Bertz CT molecular complexity index is 3630.